The predicted octanol–water partition coefficient (Wildman–Crippen LogP) is 3.51. The number of amides is 1. The molecule has 2 aliphatic rings. The fourth-order valence-electron chi connectivity index (χ4n) is 4.28. The number of hydrogen-bond acceptors (Lipinski definition) is 7. The van der Waals surface area contributed by atoms with Crippen LogP contribution in [0.1, 0.15) is 55.6 Å². The first-order chi connectivity index (χ1) is 15.8. The third-order valence-corrected chi connectivity index (χ3v) is 6.33. The maximum absolute atomic E-state index is 15.1. The zero-order valence-electron chi connectivity index (χ0n) is 18.9. The number of alkyl halides is 1. The first-order valence-corrected chi connectivity index (χ1v) is 11.1. The third kappa shape index (κ3) is 4.50. The van der Waals surface area contributed by atoms with E-state index in [9.17, 15) is 4.79 Å². The van der Waals surface area contributed by atoms with Gasteiger partial charge < -0.3 is 20.1 Å². The highest BCUT2D eigenvalue weighted by Gasteiger charge is 2.43. The van der Waals surface area contributed by atoms with Gasteiger partial charge in [-0.15, -0.1) is 0 Å². The molecule has 3 aromatic rings. The van der Waals surface area contributed by atoms with Crippen LogP contribution in [0.3, 0.4) is 0 Å². The van der Waals surface area contributed by atoms with Crippen molar-refractivity contribution >= 4 is 23.2 Å². The van der Waals surface area contributed by atoms with E-state index in [1.807, 2.05) is 26.1 Å². The van der Waals surface area contributed by atoms with Crippen molar-refractivity contribution in [2.45, 2.75) is 69.9 Å². The summed E-state index contributed by atoms with van der Waals surface area (Å²) in [6.45, 7) is 4.23. The Morgan fingerprint density at radius 2 is 2.18 bits per heavy atom. The topological polar surface area (TPSA) is 118 Å². The van der Waals surface area contributed by atoms with Crippen molar-refractivity contribution in [1.29, 1.82) is 0 Å². The third-order valence-electron chi connectivity index (χ3n) is 6.33. The summed E-state index contributed by atoms with van der Waals surface area (Å²) in [6, 6.07) is 3.67. The van der Waals surface area contributed by atoms with E-state index in [0.29, 0.717) is 36.8 Å². The maximum Gasteiger partial charge on any atom is 0.407 e. The molecule has 33 heavy (non-hydrogen) atoms. The molecule has 3 aromatic heterocycles. The summed E-state index contributed by atoms with van der Waals surface area (Å²) in [5.41, 5.74) is 2.81. The number of H-pyrrole nitrogens is 1. The van der Waals surface area contributed by atoms with Gasteiger partial charge in [-0.3, -0.25) is 5.10 Å². The maximum atomic E-state index is 15.1. The number of nitrogens with one attached hydrogen (secondary N) is 3. The molecule has 0 aromatic carbocycles. The number of carbonyl (C=O) groups excluding carboxylic acids is 1. The van der Waals surface area contributed by atoms with E-state index in [-0.39, 0.29) is 5.54 Å². The Morgan fingerprint density at radius 3 is 2.94 bits per heavy atom. The van der Waals surface area contributed by atoms with Crippen molar-refractivity contribution < 1.29 is 18.7 Å². The number of aryl methyl sites for hydroxylation is 1. The molecular formula is C22H28FN7O3. The van der Waals surface area contributed by atoms with E-state index in [1.165, 1.54) is 0 Å². The minimum Gasteiger partial charge on any atom is -0.443 e. The second-order valence-corrected chi connectivity index (χ2v) is 9.22. The van der Waals surface area contributed by atoms with Crippen molar-refractivity contribution in [3.63, 3.8) is 0 Å². The molecule has 11 heteroatoms. The van der Waals surface area contributed by atoms with Crippen molar-refractivity contribution in [3.05, 3.63) is 35.4 Å². The first-order valence-electron chi connectivity index (χ1n) is 11.1. The highest BCUT2D eigenvalue weighted by molar-refractivity contribution is 5.72. The second-order valence-electron chi connectivity index (χ2n) is 9.22. The first kappa shape index (κ1) is 21.6. The number of methoxy groups -OCH3 is 1. The van der Waals surface area contributed by atoms with E-state index < -0.39 is 24.3 Å². The molecule has 0 spiro atoms. The highest BCUT2D eigenvalue weighted by Crippen LogP contribution is 2.39. The Labute approximate surface area is 190 Å². The molecule has 176 valence electrons. The number of aromatic nitrogens is 5. The second kappa shape index (κ2) is 8.29. The molecule has 0 aliphatic heterocycles. The van der Waals surface area contributed by atoms with Gasteiger partial charge in [-0.1, -0.05) is 0 Å². The quantitative estimate of drug-likeness (QED) is 0.497. The van der Waals surface area contributed by atoms with E-state index in [0.717, 1.165) is 29.7 Å². The fourth-order valence-corrected chi connectivity index (χ4v) is 4.28. The van der Waals surface area contributed by atoms with Crippen LogP contribution in [0.2, 0.25) is 0 Å². The summed E-state index contributed by atoms with van der Waals surface area (Å²) < 4.78 is 27.4. The van der Waals surface area contributed by atoms with Crippen molar-refractivity contribution in [3.8, 4) is 0 Å². The number of aromatic amines is 1. The highest BCUT2D eigenvalue weighted by atomic mass is 19.1. The smallest absolute Gasteiger partial charge is 0.407 e. The van der Waals surface area contributed by atoms with Crippen molar-refractivity contribution in [2.24, 2.45) is 0 Å². The van der Waals surface area contributed by atoms with Crippen LogP contribution >= 0.6 is 0 Å². The van der Waals surface area contributed by atoms with Gasteiger partial charge in [-0.25, -0.2) is 18.7 Å². The van der Waals surface area contributed by atoms with E-state index in [4.69, 9.17) is 9.47 Å². The molecule has 5 rings (SSSR count). The van der Waals surface area contributed by atoms with Crippen LogP contribution in [0.5, 0.6) is 0 Å². The standard InChI is InChI=1S/C22H28FN7O3/c1-12-10-30-16(8-13(29-30)11-32-3)20(24-12)25-18-9-15(27-28-18)14-4-5-17(19(14)23)33-21(31)26-22(2)6-7-22/h8-10,14,17,19H,4-7,11H2,1-3H3,(H,26,31)(H2,24,25,27,28)/t14-,17-,19-/m0/s1. The predicted molar refractivity (Wildman–Crippen MR) is 118 cm³/mol. The Kier molecular flexibility index (Phi) is 5.43. The van der Waals surface area contributed by atoms with Crippen LogP contribution in [0.4, 0.5) is 20.8 Å². The van der Waals surface area contributed by atoms with Gasteiger partial charge in [0, 0.05) is 30.3 Å². The summed E-state index contributed by atoms with van der Waals surface area (Å²) in [5, 5.41) is 17.7. The summed E-state index contributed by atoms with van der Waals surface area (Å²) in [6.07, 6.45) is 2.11. The Bertz CT molecular complexity index is 1170. The minimum absolute atomic E-state index is 0.195. The number of hydrogen-bond donors (Lipinski definition) is 3. The molecule has 2 fully saturated rings. The van der Waals surface area contributed by atoms with Gasteiger partial charge in [-0.2, -0.15) is 10.2 Å². The molecule has 3 heterocycles. The van der Waals surface area contributed by atoms with Crippen LogP contribution in [0, 0.1) is 6.92 Å². The van der Waals surface area contributed by atoms with Gasteiger partial charge in [0.2, 0.25) is 0 Å². The van der Waals surface area contributed by atoms with Gasteiger partial charge in [0.25, 0.3) is 0 Å². The zero-order valence-corrected chi connectivity index (χ0v) is 18.9. The molecule has 0 saturated heterocycles. The lowest BCUT2D eigenvalue weighted by molar-refractivity contribution is 0.0546. The molecular weight excluding hydrogens is 429 g/mol. The lowest BCUT2D eigenvalue weighted by Crippen LogP contribution is -2.38. The number of fused-ring (bicyclic) bond motifs is 1. The number of halogens is 1. The number of carbonyl (C=O) groups is 1. The van der Waals surface area contributed by atoms with E-state index in [1.54, 1.807) is 17.7 Å². The molecule has 0 bridgehead atoms. The van der Waals surface area contributed by atoms with Crippen LogP contribution in [-0.4, -0.2) is 55.8 Å². The van der Waals surface area contributed by atoms with Crippen molar-refractivity contribution in [2.75, 3.05) is 12.4 Å². The van der Waals surface area contributed by atoms with Crippen molar-refractivity contribution in [1.82, 2.24) is 30.1 Å². The van der Waals surface area contributed by atoms with E-state index >= 15 is 4.39 Å². The average Bonchev–Trinajstić information content (AvgIpc) is 3.11. The van der Waals surface area contributed by atoms with E-state index in [2.05, 4.69) is 30.9 Å². The molecule has 2 aliphatic carbocycles. The number of alkyl carbamates (subject to hydrolysis) is 1. The summed E-state index contributed by atoms with van der Waals surface area (Å²) in [5.74, 6) is 0.698. The van der Waals surface area contributed by atoms with Gasteiger partial charge in [-0.05, 0) is 45.6 Å². The monoisotopic (exact) mass is 457 g/mol. The lowest BCUT2D eigenvalue weighted by atomic mass is 10.0. The number of rotatable bonds is 7. The Balaban J connectivity index is 1.27. The Morgan fingerprint density at radius 1 is 1.36 bits per heavy atom. The molecule has 1 amide bonds. The molecule has 0 radical (unpaired) electrons. The summed E-state index contributed by atoms with van der Waals surface area (Å²) in [4.78, 5) is 16.6. The van der Waals surface area contributed by atoms with Crippen LogP contribution in [0.15, 0.2) is 18.3 Å². The zero-order chi connectivity index (χ0) is 23.2. The SMILES string of the molecule is COCc1cc2c(Nc3cc([C@@H]4CC[C@H](OC(=O)NC5(C)CC5)[C@H]4F)[nH]n3)nc(C)cn2n1. The van der Waals surface area contributed by atoms with Gasteiger partial charge >= 0.3 is 6.09 Å². The Hall–Kier alpha value is -3.21. The molecule has 2 saturated carbocycles. The molecule has 0 unspecified atom stereocenters. The molecule has 3 N–H and O–H groups in total. The largest absolute Gasteiger partial charge is 0.443 e. The average molecular weight is 458 g/mol. The van der Waals surface area contributed by atoms with Gasteiger partial charge in [0.1, 0.15) is 17.8 Å². The summed E-state index contributed by atoms with van der Waals surface area (Å²) in [7, 11) is 1.62. The molecule has 3 atom stereocenters. The lowest BCUT2D eigenvalue weighted by Gasteiger charge is -2.19. The minimum atomic E-state index is -1.30. The van der Waals surface area contributed by atoms with Crippen LogP contribution in [-0.2, 0) is 16.1 Å². The van der Waals surface area contributed by atoms with Crippen LogP contribution < -0.4 is 10.6 Å². The van der Waals surface area contributed by atoms with Crippen LogP contribution in [0.25, 0.3) is 5.52 Å². The normalized spacial score (nSPS) is 23.6. The summed E-state index contributed by atoms with van der Waals surface area (Å²) >= 11 is 0. The fraction of sp³-hybridized carbons (Fsp3) is 0.545. The molecule has 10 nitrogen and oxygen atoms in total. The number of nitrogens with zero attached hydrogens (tertiary/aromatic N) is 4. The van der Waals surface area contributed by atoms with Gasteiger partial charge in [0.15, 0.2) is 11.6 Å². The van der Waals surface area contributed by atoms with Gasteiger partial charge in [0.05, 0.1) is 24.2 Å². The number of ether oxygens (including phenoxy) is 2. The number of anilines is 2.